The van der Waals surface area contributed by atoms with Gasteiger partial charge < -0.3 is 15.6 Å². The van der Waals surface area contributed by atoms with Crippen LogP contribution >= 0.6 is 0 Å². The van der Waals surface area contributed by atoms with Crippen LogP contribution in [0.5, 0.6) is 0 Å². The second kappa shape index (κ2) is 3.85. The number of pyridine rings is 1. The lowest BCUT2D eigenvalue weighted by atomic mass is 10.2. The summed E-state index contributed by atoms with van der Waals surface area (Å²) >= 11 is 0. The van der Waals surface area contributed by atoms with E-state index < -0.39 is 0 Å². The predicted octanol–water partition coefficient (Wildman–Crippen LogP) is 0.622. The number of nitrogens with one attached hydrogen (secondary N) is 1. The second-order valence-electron chi connectivity index (χ2n) is 4.45. The van der Waals surface area contributed by atoms with Crippen LogP contribution in [0.3, 0.4) is 0 Å². The predicted molar refractivity (Wildman–Crippen MR) is 64.1 cm³/mol. The third-order valence-electron chi connectivity index (χ3n) is 3.14. The molecule has 0 saturated carbocycles. The van der Waals surface area contributed by atoms with E-state index in [0.717, 1.165) is 16.6 Å². The minimum atomic E-state index is -0.0224. The summed E-state index contributed by atoms with van der Waals surface area (Å²) < 4.78 is 0. The van der Waals surface area contributed by atoms with Gasteiger partial charge in [0.25, 0.3) is 0 Å². The molecule has 3 rings (SSSR count). The number of aromatic nitrogens is 2. The number of carbonyl (C=O) groups excluding carboxylic acids is 1. The molecule has 0 aromatic carbocycles. The Kier molecular flexibility index (Phi) is 2.33. The third-order valence-corrected chi connectivity index (χ3v) is 3.14. The number of nitrogens with two attached hydrogens (primary N) is 1. The lowest BCUT2D eigenvalue weighted by molar-refractivity contribution is -0.128. The van der Waals surface area contributed by atoms with Crippen LogP contribution in [-0.4, -0.2) is 33.4 Å². The maximum atomic E-state index is 11.7. The van der Waals surface area contributed by atoms with Crippen molar-refractivity contribution in [2.45, 2.75) is 19.0 Å². The monoisotopic (exact) mass is 230 g/mol. The molecule has 3 N–H and O–H groups in total. The molecule has 0 bridgehead atoms. The maximum absolute atomic E-state index is 11.7. The Morgan fingerprint density at radius 1 is 1.59 bits per heavy atom. The van der Waals surface area contributed by atoms with Gasteiger partial charge in [0, 0.05) is 43.3 Å². The Morgan fingerprint density at radius 3 is 3.24 bits per heavy atom. The first-order valence-electron chi connectivity index (χ1n) is 5.68. The van der Waals surface area contributed by atoms with Crippen LogP contribution in [-0.2, 0) is 11.3 Å². The molecule has 1 atom stereocenters. The molecule has 2 aromatic rings. The van der Waals surface area contributed by atoms with Crippen LogP contribution in [0, 0.1) is 0 Å². The van der Waals surface area contributed by atoms with Gasteiger partial charge in [-0.15, -0.1) is 0 Å². The van der Waals surface area contributed by atoms with E-state index in [2.05, 4.69) is 9.97 Å². The minimum Gasteiger partial charge on any atom is -0.346 e. The molecule has 1 amide bonds. The molecule has 5 heteroatoms. The van der Waals surface area contributed by atoms with E-state index in [9.17, 15) is 4.79 Å². The molecule has 1 saturated heterocycles. The van der Waals surface area contributed by atoms with Crippen molar-refractivity contribution in [2.75, 3.05) is 6.54 Å². The Labute approximate surface area is 98.6 Å². The molecule has 1 aliphatic rings. The summed E-state index contributed by atoms with van der Waals surface area (Å²) in [5, 5.41) is 1.07. The van der Waals surface area contributed by atoms with Crippen molar-refractivity contribution in [1.29, 1.82) is 0 Å². The number of hydrogen-bond donors (Lipinski definition) is 2. The van der Waals surface area contributed by atoms with Crippen molar-refractivity contribution in [3.05, 3.63) is 30.1 Å². The van der Waals surface area contributed by atoms with Crippen molar-refractivity contribution >= 4 is 16.9 Å². The molecule has 2 aromatic heterocycles. The Balaban J connectivity index is 1.88. The first kappa shape index (κ1) is 10.3. The van der Waals surface area contributed by atoms with E-state index in [1.807, 2.05) is 18.3 Å². The van der Waals surface area contributed by atoms with Gasteiger partial charge in [0.1, 0.15) is 5.65 Å². The molecule has 1 aliphatic heterocycles. The van der Waals surface area contributed by atoms with Crippen LogP contribution in [0.1, 0.15) is 12.0 Å². The molecule has 17 heavy (non-hydrogen) atoms. The highest BCUT2D eigenvalue weighted by atomic mass is 16.2. The number of fused-ring (bicyclic) bond motifs is 1. The van der Waals surface area contributed by atoms with Gasteiger partial charge in [0.2, 0.25) is 5.91 Å². The van der Waals surface area contributed by atoms with Crippen LogP contribution in [0.2, 0.25) is 0 Å². The van der Waals surface area contributed by atoms with Crippen molar-refractivity contribution in [1.82, 2.24) is 14.9 Å². The SMILES string of the molecule is NC1CC(=O)N(Cc2c[nH]c3ncccc23)C1. The quantitative estimate of drug-likeness (QED) is 0.794. The number of H-pyrrole nitrogens is 1. The first-order valence-corrected chi connectivity index (χ1v) is 5.68. The van der Waals surface area contributed by atoms with Crippen LogP contribution in [0.4, 0.5) is 0 Å². The van der Waals surface area contributed by atoms with Gasteiger partial charge in [-0.1, -0.05) is 0 Å². The lowest BCUT2D eigenvalue weighted by Crippen LogP contribution is -2.27. The molecule has 5 nitrogen and oxygen atoms in total. The highest BCUT2D eigenvalue weighted by Gasteiger charge is 2.27. The number of aromatic amines is 1. The summed E-state index contributed by atoms with van der Waals surface area (Å²) in [6.45, 7) is 1.25. The summed E-state index contributed by atoms with van der Waals surface area (Å²) in [5.41, 5.74) is 7.73. The Hall–Kier alpha value is -1.88. The van der Waals surface area contributed by atoms with E-state index in [-0.39, 0.29) is 11.9 Å². The van der Waals surface area contributed by atoms with Gasteiger partial charge in [-0.2, -0.15) is 0 Å². The van der Waals surface area contributed by atoms with Crippen molar-refractivity contribution < 1.29 is 4.79 Å². The van der Waals surface area contributed by atoms with E-state index in [1.54, 1.807) is 11.1 Å². The fourth-order valence-electron chi connectivity index (χ4n) is 2.30. The number of rotatable bonds is 2. The molecule has 0 radical (unpaired) electrons. The molecular formula is C12H14N4O. The summed E-state index contributed by atoms with van der Waals surface area (Å²) in [4.78, 5) is 20.8. The van der Waals surface area contributed by atoms with Crippen LogP contribution in [0.15, 0.2) is 24.5 Å². The fraction of sp³-hybridized carbons (Fsp3) is 0.333. The number of hydrogen-bond acceptors (Lipinski definition) is 3. The van der Waals surface area contributed by atoms with Crippen LogP contribution < -0.4 is 5.73 Å². The zero-order valence-corrected chi connectivity index (χ0v) is 9.39. The molecule has 88 valence electrons. The summed E-state index contributed by atoms with van der Waals surface area (Å²) in [6, 6.07) is 3.89. The van der Waals surface area contributed by atoms with Gasteiger partial charge in [0.15, 0.2) is 0 Å². The zero-order chi connectivity index (χ0) is 11.8. The summed E-state index contributed by atoms with van der Waals surface area (Å²) in [6.07, 6.45) is 4.12. The second-order valence-corrected chi connectivity index (χ2v) is 4.45. The normalized spacial score (nSPS) is 20.4. The summed E-state index contributed by atoms with van der Waals surface area (Å²) in [5.74, 6) is 0.135. The lowest BCUT2D eigenvalue weighted by Gasteiger charge is -2.15. The van der Waals surface area contributed by atoms with E-state index in [0.29, 0.717) is 19.5 Å². The average Bonchev–Trinajstić information content (AvgIpc) is 2.85. The van der Waals surface area contributed by atoms with E-state index >= 15 is 0 Å². The molecule has 3 heterocycles. The Morgan fingerprint density at radius 2 is 2.47 bits per heavy atom. The zero-order valence-electron chi connectivity index (χ0n) is 9.39. The molecule has 0 aliphatic carbocycles. The minimum absolute atomic E-state index is 0.0224. The fourth-order valence-corrected chi connectivity index (χ4v) is 2.30. The van der Waals surface area contributed by atoms with Gasteiger partial charge in [-0.3, -0.25) is 4.79 Å². The number of carbonyl (C=O) groups is 1. The highest BCUT2D eigenvalue weighted by molar-refractivity contribution is 5.82. The average molecular weight is 230 g/mol. The van der Waals surface area contributed by atoms with E-state index in [4.69, 9.17) is 5.73 Å². The van der Waals surface area contributed by atoms with Crippen LogP contribution in [0.25, 0.3) is 11.0 Å². The number of amides is 1. The molecule has 1 fully saturated rings. The van der Waals surface area contributed by atoms with Gasteiger partial charge in [0.05, 0.1) is 0 Å². The van der Waals surface area contributed by atoms with Crippen molar-refractivity contribution in [2.24, 2.45) is 5.73 Å². The van der Waals surface area contributed by atoms with Gasteiger partial charge in [-0.25, -0.2) is 4.98 Å². The maximum Gasteiger partial charge on any atom is 0.224 e. The van der Waals surface area contributed by atoms with E-state index in [1.165, 1.54) is 0 Å². The smallest absolute Gasteiger partial charge is 0.224 e. The molecule has 0 spiro atoms. The van der Waals surface area contributed by atoms with Gasteiger partial charge in [-0.05, 0) is 17.7 Å². The van der Waals surface area contributed by atoms with Crippen molar-refractivity contribution in [3.8, 4) is 0 Å². The number of likely N-dealkylation sites (tertiary alicyclic amines) is 1. The topological polar surface area (TPSA) is 75.0 Å². The number of nitrogens with zero attached hydrogens (tertiary/aromatic N) is 2. The first-order chi connectivity index (χ1) is 8.24. The Bertz CT molecular complexity index is 562. The standard InChI is InChI=1S/C12H14N4O/c13-9-4-11(17)16(7-9)6-8-5-15-12-10(8)2-1-3-14-12/h1-3,5,9H,4,6-7,13H2,(H,14,15). The highest BCUT2D eigenvalue weighted by Crippen LogP contribution is 2.20. The molecular weight excluding hydrogens is 216 g/mol. The molecule has 1 unspecified atom stereocenters. The van der Waals surface area contributed by atoms with Gasteiger partial charge >= 0.3 is 0 Å². The largest absolute Gasteiger partial charge is 0.346 e. The van der Waals surface area contributed by atoms with Crippen molar-refractivity contribution in [3.63, 3.8) is 0 Å². The summed E-state index contributed by atoms with van der Waals surface area (Å²) in [7, 11) is 0. The third kappa shape index (κ3) is 1.78.